The van der Waals surface area contributed by atoms with Crippen molar-refractivity contribution < 1.29 is 24.5 Å². The van der Waals surface area contributed by atoms with Crippen LogP contribution < -0.4 is 10.1 Å². The topological polar surface area (TPSA) is 95.9 Å². The summed E-state index contributed by atoms with van der Waals surface area (Å²) >= 11 is 0. The summed E-state index contributed by atoms with van der Waals surface area (Å²) < 4.78 is 5.73. The summed E-state index contributed by atoms with van der Waals surface area (Å²) in [4.78, 5) is 18.2. The molecule has 150 valence electrons. The molecule has 2 aromatic carbocycles. The number of nitrogens with one attached hydrogen (secondary N) is 1. The van der Waals surface area contributed by atoms with Gasteiger partial charge in [-0.25, -0.2) is 9.59 Å². The third kappa shape index (κ3) is 7.63. The number of carboxylic acids is 2. The zero-order valence-electron chi connectivity index (χ0n) is 16.2. The van der Waals surface area contributed by atoms with Crippen LogP contribution in [0.2, 0.25) is 0 Å². The summed E-state index contributed by atoms with van der Waals surface area (Å²) in [6.45, 7) is 10.5. The molecular weight excluding hydrogens is 358 g/mol. The minimum atomic E-state index is -1.82. The number of hydrogen-bond acceptors (Lipinski definition) is 4. The van der Waals surface area contributed by atoms with Crippen molar-refractivity contribution in [3.63, 3.8) is 0 Å². The molecule has 0 saturated carbocycles. The maximum atomic E-state index is 9.10. The largest absolute Gasteiger partial charge is 0.492 e. The Bertz CT molecular complexity index is 742. The molecule has 0 bridgehead atoms. The first-order valence-electron chi connectivity index (χ1n) is 8.85. The molecule has 0 aliphatic rings. The van der Waals surface area contributed by atoms with Crippen molar-refractivity contribution in [1.29, 1.82) is 0 Å². The Balaban J connectivity index is 0.000000568. The highest BCUT2D eigenvalue weighted by Gasteiger charge is 2.22. The highest BCUT2D eigenvalue weighted by atomic mass is 16.5. The van der Waals surface area contributed by atoms with Gasteiger partial charge in [0.1, 0.15) is 12.4 Å². The van der Waals surface area contributed by atoms with Crippen LogP contribution in [0.5, 0.6) is 5.75 Å². The van der Waals surface area contributed by atoms with E-state index in [1.165, 1.54) is 11.1 Å². The smallest absolute Gasteiger partial charge is 0.414 e. The fraction of sp³-hybridized carbons (Fsp3) is 0.273. The number of rotatable bonds is 8. The van der Waals surface area contributed by atoms with Gasteiger partial charge in [-0.1, -0.05) is 62.4 Å². The van der Waals surface area contributed by atoms with Crippen LogP contribution >= 0.6 is 0 Å². The molecule has 0 aliphatic carbocycles. The quantitative estimate of drug-likeness (QED) is 0.366. The molecule has 0 radical (unpaired) electrons. The second kappa shape index (κ2) is 11.6. The van der Waals surface area contributed by atoms with E-state index in [1.54, 1.807) is 0 Å². The van der Waals surface area contributed by atoms with Crippen LogP contribution in [0.25, 0.3) is 0 Å². The van der Waals surface area contributed by atoms with Gasteiger partial charge in [0.2, 0.25) is 0 Å². The lowest BCUT2D eigenvalue weighted by atomic mass is 9.78. The molecular formula is C22H27NO5. The first-order valence-corrected chi connectivity index (χ1v) is 8.85. The molecule has 0 fully saturated rings. The minimum Gasteiger partial charge on any atom is -0.492 e. The Hall–Kier alpha value is -3.12. The second-order valence-corrected chi connectivity index (χ2v) is 6.47. The van der Waals surface area contributed by atoms with Gasteiger partial charge in [0.15, 0.2) is 0 Å². The van der Waals surface area contributed by atoms with Gasteiger partial charge in [-0.2, -0.15) is 0 Å². The van der Waals surface area contributed by atoms with Crippen LogP contribution in [0.15, 0.2) is 67.3 Å². The normalized spacial score (nSPS) is 10.4. The maximum absolute atomic E-state index is 9.10. The molecule has 3 N–H and O–H groups in total. The number of ether oxygens (including phenoxy) is 1. The number of carboxylic acid groups (broad SMARTS) is 2. The molecule has 6 heteroatoms. The molecule has 0 amide bonds. The molecule has 0 atom stereocenters. The van der Waals surface area contributed by atoms with E-state index in [0.29, 0.717) is 6.61 Å². The Kier molecular flexibility index (Phi) is 9.47. The maximum Gasteiger partial charge on any atom is 0.414 e. The van der Waals surface area contributed by atoms with Gasteiger partial charge in [-0.05, 0) is 23.3 Å². The minimum absolute atomic E-state index is 0.00862. The van der Waals surface area contributed by atoms with Crippen molar-refractivity contribution in [1.82, 2.24) is 5.32 Å². The molecule has 6 nitrogen and oxygen atoms in total. The summed E-state index contributed by atoms with van der Waals surface area (Å²) in [6.07, 6.45) is 1.85. The van der Waals surface area contributed by atoms with Gasteiger partial charge in [-0.15, -0.1) is 6.58 Å². The van der Waals surface area contributed by atoms with E-state index in [1.807, 2.05) is 18.2 Å². The van der Waals surface area contributed by atoms with Crippen molar-refractivity contribution in [3.8, 4) is 5.75 Å². The average molecular weight is 385 g/mol. The molecule has 0 unspecified atom stereocenters. The Morgan fingerprint density at radius 1 is 1.00 bits per heavy atom. The summed E-state index contributed by atoms with van der Waals surface area (Å²) in [7, 11) is 0. The summed E-state index contributed by atoms with van der Waals surface area (Å²) in [5.74, 6) is -2.74. The van der Waals surface area contributed by atoms with E-state index in [-0.39, 0.29) is 5.41 Å². The molecule has 0 aromatic heterocycles. The van der Waals surface area contributed by atoms with Crippen LogP contribution in [0.3, 0.4) is 0 Å². The van der Waals surface area contributed by atoms with Crippen molar-refractivity contribution in [2.45, 2.75) is 19.3 Å². The van der Waals surface area contributed by atoms with Crippen LogP contribution in [-0.2, 0) is 15.0 Å². The Morgan fingerprint density at radius 3 is 2.04 bits per heavy atom. The van der Waals surface area contributed by atoms with E-state index >= 15 is 0 Å². The SMILES string of the molecule is C=CCNCCOc1ccc(C(C)(C)c2ccccc2)cc1.O=C(O)C(=O)O. The fourth-order valence-corrected chi connectivity index (χ4v) is 2.43. The molecule has 0 aliphatic heterocycles. The van der Waals surface area contributed by atoms with Crippen LogP contribution in [-0.4, -0.2) is 41.8 Å². The van der Waals surface area contributed by atoms with Gasteiger partial charge < -0.3 is 20.3 Å². The lowest BCUT2D eigenvalue weighted by Gasteiger charge is -2.26. The summed E-state index contributed by atoms with van der Waals surface area (Å²) in [5, 5.41) is 18.0. The number of hydrogen-bond donors (Lipinski definition) is 3. The predicted molar refractivity (Wildman–Crippen MR) is 109 cm³/mol. The monoisotopic (exact) mass is 385 g/mol. The zero-order chi connectivity index (χ0) is 21.0. The van der Waals surface area contributed by atoms with Crippen LogP contribution in [0.1, 0.15) is 25.0 Å². The standard InChI is InChI=1S/C20H25NO.C2H2O4/c1-4-14-21-15-16-22-19-12-10-18(11-13-19)20(2,3)17-8-6-5-7-9-17;3-1(4)2(5)6/h4-13,21H,1,14-16H2,2-3H3;(H,3,4)(H,5,6). The average Bonchev–Trinajstić information content (AvgIpc) is 2.69. The van der Waals surface area contributed by atoms with Gasteiger partial charge >= 0.3 is 11.9 Å². The Labute approximate surface area is 165 Å². The van der Waals surface area contributed by atoms with E-state index in [9.17, 15) is 0 Å². The fourth-order valence-electron chi connectivity index (χ4n) is 2.43. The van der Waals surface area contributed by atoms with E-state index in [2.05, 4.69) is 68.2 Å². The second-order valence-electron chi connectivity index (χ2n) is 6.47. The van der Waals surface area contributed by atoms with Crippen molar-refractivity contribution >= 4 is 11.9 Å². The number of carbonyl (C=O) groups is 2. The van der Waals surface area contributed by atoms with Gasteiger partial charge in [-0.3, -0.25) is 0 Å². The molecule has 2 rings (SSSR count). The highest BCUT2D eigenvalue weighted by Crippen LogP contribution is 2.32. The summed E-state index contributed by atoms with van der Waals surface area (Å²) in [6, 6.07) is 19.0. The molecule has 2 aromatic rings. The van der Waals surface area contributed by atoms with Crippen molar-refractivity contribution in [2.75, 3.05) is 19.7 Å². The Morgan fingerprint density at radius 2 is 1.54 bits per heavy atom. The molecule has 0 saturated heterocycles. The molecule has 0 spiro atoms. The van der Waals surface area contributed by atoms with Crippen LogP contribution in [0, 0.1) is 0 Å². The van der Waals surface area contributed by atoms with Gasteiger partial charge in [0.05, 0.1) is 0 Å². The lowest BCUT2D eigenvalue weighted by molar-refractivity contribution is -0.159. The predicted octanol–water partition coefficient (Wildman–Crippen LogP) is 3.32. The van der Waals surface area contributed by atoms with Crippen LogP contribution in [0.4, 0.5) is 0 Å². The zero-order valence-corrected chi connectivity index (χ0v) is 16.2. The first kappa shape index (κ1) is 22.9. The molecule has 0 heterocycles. The molecule has 28 heavy (non-hydrogen) atoms. The van der Waals surface area contributed by atoms with Crippen molar-refractivity contribution in [3.05, 3.63) is 78.4 Å². The highest BCUT2D eigenvalue weighted by molar-refractivity contribution is 6.27. The third-order valence-corrected chi connectivity index (χ3v) is 4.09. The van der Waals surface area contributed by atoms with Gasteiger partial charge in [0, 0.05) is 18.5 Å². The lowest BCUT2D eigenvalue weighted by Crippen LogP contribution is -2.21. The summed E-state index contributed by atoms with van der Waals surface area (Å²) in [5.41, 5.74) is 2.60. The third-order valence-electron chi connectivity index (χ3n) is 4.09. The van der Waals surface area contributed by atoms with E-state index < -0.39 is 11.9 Å². The van der Waals surface area contributed by atoms with Crippen molar-refractivity contribution in [2.24, 2.45) is 0 Å². The van der Waals surface area contributed by atoms with E-state index in [4.69, 9.17) is 24.5 Å². The number of benzene rings is 2. The number of aliphatic carboxylic acids is 2. The first-order chi connectivity index (χ1) is 13.3. The van der Waals surface area contributed by atoms with Gasteiger partial charge in [0.25, 0.3) is 0 Å². The van der Waals surface area contributed by atoms with E-state index in [0.717, 1.165) is 18.8 Å².